The summed E-state index contributed by atoms with van der Waals surface area (Å²) in [5, 5.41) is 10.4. The first-order valence-electron chi connectivity index (χ1n) is 7.38. The molecule has 1 heterocycles. The lowest BCUT2D eigenvalue weighted by Crippen LogP contribution is -2.37. The Kier molecular flexibility index (Phi) is 5.67. The maximum absolute atomic E-state index is 12.8. The van der Waals surface area contributed by atoms with Gasteiger partial charge in [0, 0.05) is 0 Å². The quantitative estimate of drug-likeness (QED) is 0.552. The van der Waals surface area contributed by atoms with Crippen molar-refractivity contribution in [2.75, 3.05) is 0 Å². The minimum Gasteiger partial charge on any atom is -0.479 e. The number of carboxylic acid groups (broad SMARTS) is 1. The van der Waals surface area contributed by atoms with E-state index in [2.05, 4.69) is 0 Å². The fourth-order valence-electron chi connectivity index (χ4n) is 2.49. The number of halogens is 2. The van der Waals surface area contributed by atoms with Crippen molar-refractivity contribution >= 4 is 69.5 Å². The normalized spacial score (nSPS) is 17.0. The van der Waals surface area contributed by atoms with E-state index in [1.165, 1.54) is 0 Å². The van der Waals surface area contributed by atoms with E-state index in [1.807, 2.05) is 0 Å². The molecule has 0 spiro atoms. The third-order valence-corrected chi connectivity index (χ3v) is 5.74. The highest BCUT2D eigenvalue weighted by molar-refractivity contribution is 8.26. The van der Waals surface area contributed by atoms with Crippen LogP contribution in [0.1, 0.15) is 17.2 Å². The predicted molar refractivity (Wildman–Crippen MR) is 108 cm³/mol. The lowest BCUT2D eigenvalue weighted by atomic mass is 10.1. The summed E-state index contributed by atoms with van der Waals surface area (Å²) < 4.78 is 0.192. The maximum Gasteiger partial charge on any atom is 0.331 e. The second-order valence-corrected chi connectivity index (χ2v) is 7.87. The minimum absolute atomic E-state index is 0.192. The van der Waals surface area contributed by atoms with Crippen LogP contribution >= 0.6 is 47.2 Å². The van der Waals surface area contributed by atoms with E-state index < -0.39 is 17.9 Å². The Labute approximate surface area is 169 Å². The molecule has 4 nitrogen and oxygen atoms in total. The lowest BCUT2D eigenvalue weighted by molar-refractivity contribution is -0.145. The third-order valence-electron chi connectivity index (χ3n) is 3.67. The van der Waals surface area contributed by atoms with Gasteiger partial charge in [-0.2, -0.15) is 0 Å². The van der Waals surface area contributed by atoms with Crippen LogP contribution in [-0.4, -0.2) is 26.2 Å². The summed E-state index contributed by atoms with van der Waals surface area (Å²) in [5.74, 6) is -1.61. The Morgan fingerprint density at radius 1 is 1.15 bits per heavy atom. The summed E-state index contributed by atoms with van der Waals surface area (Å²) in [7, 11) is 0. The highest BCUT2D eigenvalue weighted by Gasteiger charge is 2.41. The van der Waals surface area contributed by atoms with Crippen LogP contribution < -0.4 is 0 Å². The Morgan fingerprint density at radius 2 is 1.85 bits per heavy atom. The number of carbonyl (C=O) groups excluding carboxylic acids is 1. The molecule has 0 aliphatic carbocycles. The average molecular weight is 424 g/mol. The van der Waals surface area contributed by atoms with Gasteiger partial charge in [-0.1, -0.05) is 83.6 Å². The van der Waals surface area contributed by atoms with Crippen molar-refractivity contribution in [3.8, 4) is 0 Å². The first kappa shape index (κ1) is 18.9. The van der Waals surface area contributed by atoms with Crippen LogP contribution in [0.25, 0.3) is 6.08 Å². The second kappa shape index (κ2) is 7.80. The van der Waals surface area contributed by atoms with Gasteiger partial charge in [0.2, 0.25) is 0 Å². The monoisotopic (exact) mass is 423 g/mol. The number of hydrogen-bond acceptors (Lipinski definition) is 4. The van der Waals surface area contributed by atoms with Crippen molar-refractivity contribution < 1.29 is 14.7 Å². The van der Waals surface area contributed by atoms with Gasteiger partial charge in [-0.3, -0.25) is 9.69 Å². The second-order valence-electron chi connectivity index (χ2n) is 5.38. The summed E-state index contributed by atoms with van der Waals surface area (Å²) in [6.07, 6.45) is 1.62. The van der Waals surface area contributed by atoms with Crippen LogP contribution in [0.4, 0.5) is 0 Å². The molecule has 0 unspecified atom stereocenters. The first-order valence-corrected chi connectivity index (χ1v) is 9.36. The third kappa shape index (κ3) is 3.78. The Balaban J connectivity index is 1.96. The molecule has 3 rings (SSSR count). The zero-order valence-electron chi connectivity index (χ0n) is 13.1. The molecule has 132 valence electrons. The van der Waals surface area contributed by atoms with E-state index in [0.29, 0.717) is 26.1 Å². The van der Waals surface area contributed by atoms with Crippen molar-refractivity contribution in [3.05, 3.63) is 74.6 Å². The molecule has 2 aromatic rings. The lowest BCUT2D eigenvalue weighted by Gasteiger charge is -2.23. The molecule has 1 atom stereocenters. The van der Waals surface area contributed by atoms with Crippen molar-refractivity contribution in [3.63, 3.8) is 0 Å². The van der Waals surface area contributed by atoms with Gasteiger partial charge in [0.1, 0.15) is 4.32 Å². The van der Waals surface area contributed by atoms with Crippen molar-refractivity contribution in [2.24, 2.45) is 0 Å². The zero-order valence-corrected chi connectivity index (χ0v) is 16.2. The molecule has 1 saturated heterocycles. The predicted octanol–water partition coefficient (Wildman–Crippen LogP) is 5.02. The number of thiocarbonyl (C=S) groups is 1. The van der Waals surface area contributed by atoms with Crippen LogP contribution in [0.3, 0.4) is 0 Å². The van der Waals surface area contributed by atoms with Crippen molar-refractivity contribution in [1.29, 1.82) is 0 Å². The average Bonchev–Trinajstić information content (AvgIpc) is 2.87. The molecule has 2 aromatic carbocycles. The molecular weight excluding hydrogens is 413 g/mol. The number of rotatable bonds is 4. The zero-order chi connectivity index (χ0) is 18.8. The fourth-order valence-corrected chi connectivity index (χ4v) is 4.11. The molecule has 1 N–H and O–H groups in total. The fraction of sp³-hybridized carbons (Fsp3) is 0.0556. The van der Waals surface area contributed by atoms with Gasteiger partial charge in [-0.15, -0.1) is 0 Å². The van der Waals surface area contributed by atoms with Crippen LogP contribution in [0.5, 0.6) is 0 Å². The number of amides is 1. The molecule has 0 aromatic heterocycles. The van der Waals surface area contributed by atoms with Crippen molar-refractivity contribution in [1.82, 2.24) is 4.90 Å². The number of aliphatic carboxylic acids is 1. The van der Waals surface area contributed by atoms with E-state index >= 15 is 0 Å². The van der Waals surface area contributed by atoms with Crippen LogP contribution in [0.15, 0.2) is 53.4 Å². The number of benzene rings is 2. The van der Waals surface area contributed by atoms with Gasteiger partial charge in [0.25, 0.3) is 5.91 Å². The Morgan fingerprint density at radius 3 is 2.46 bits per heavy atom. The summed E-state index contributed by atoms with van der Waals surface area (Å²) in [5.41, 5.74) is 1.15. The number of hydrogen-bond donors (Lipinski definition) is 1. The standard InChI is InChI=1S/C18H11Cl2NO3S2/c19-12-7-6-10(8-13(12)20)9-14-16(22)21(18(25)26-14)15(17(23)24)11-4-2-1-3-5-11/h1-9,15H,(H,23,24)/b14-9-/t15-/m1/s1. The molecule has 1 aliphatic heterocycles. The topological polar surface area (TPSA) is 57.6 Å². The highest BCUT2D eigenvalue weighted by atomic mass is 35.5. The van der Waals surface area contributed by atoms with Crippen LogP contribution in [0.2, 0.25) is 10.0 Å². The van der Waals surface area contributed by atoms with E-state index in [4.69, 9.17) is 35.4 Å². The molecule has 1 fully saturated rings. The molecule has 0 saturated carbocycles. The number of carbonyl (C=O) groups is 2. The Bertz CT molecular complexity index is 931. The van der Waals surface area contributed by atoms with E-state index in [0.717, 1.165) is 16.7 Å². The van der Waals surface area contributed by atoms with Gasteiger partial charge in [-0.05, 0) is 29.3 Å². The van der Waals surface area contributed by atoms with Crippen molar-refractivity contribution in [2.45, 2.75) is 6.04 Å². The summed E-state index contributed by atoms with van der Waals surface area (Å²) in [6, 6.07) is 12.3. The van der Waals surface area contributed by atoms with E-state index in [9.17, 15) is 14.7 Å². The molecule has 1 amide bonds. The van der Waals surface area contributed by atoms with Gasteiger partial charge in [-0.25, -0.2) is 4.79 Å². The highest BCUT2D eigenvalue weighted by Crippen LogP contribution is 2.38. The van der Waals surface area contributed by atoms with Crippen LogP contribution in [-0.2, 0) is 9.59 Å². The van der Waals surface area contributed by atoms with Gasteiger partial charge in [0.15, 0.2) is 6.04 Å². The summed E-state index contributed by atoms with van der Waals surface area (Å²) in [6.45, 7) is 0. The maximum atomic E-state index is 12.8. The summed E-state index contributed by atoms with van der Waals surface area (Å²) in [4.78, 5) is 26.1. The van der Waals surface area contributed by atoms with Gasteiger partial charge in [0.05, 0.1) is 15.0 Å². The largest absolute Gasteiger partial charge is 0.479 e. The molecule has 0 radical (unpaired) electrons. The number of nitrogens with zero attached hydrogens (tertiary/aromatic N) is 1. The van der Waals surface area contributed by atoms with E-state index in [-0.39, 0.29) is 4.32 Å². The van der Waals surface area contributed by atoms with E-state index in [1.54, 1.807) is 54.6 Å². The van der Waals surface area contributed by atoms with Crippen LogP contribution in [0, 0.1) is 0 Å². The molecular formula is C18H11Cl2NO3S2. The molecule has 0 bridgehead atoms. The number of carboxylic acids is 1. The summed E-state index contributed by atoms with van der Waals surface area (Å²) >= 11 is 18.2. The number of thioether (sulfide) groups is 1. The minimum atomic E-state index is -1.18. The molecule has 26 heavy (non-hydrogen) atoms. The van der Waals surface area contributed by atoms with Gasteiger partial charge >= 0.3 is 5.97 Å². The van der Waals surface area contributed by atoms with Gasteiger partial charge < -0.3 is 5.11 Å². The first-order chi connectivity index (χ1) is 12.4. The molecule has 8 heteroatoms. The smallest absolute Gasteiger partial charge is 0.331 e. The Hall–Kier alpha value is -1.86. The molecule has 1 aliphatic rings. The SMILES string of the molecule is O=C(O)[C@@H](c1ccccc1)N1C(=O)/C(=C/c2ccc(Cl)c(Cl)c2)SC1=S.